The number of primary amides is 1. The molecular weight excluding hydrogens is 236 g/mol. The van der Waals surface area contributed by atoms with Crippen LogP contribution in [0.25, 0.3) is 0 Å². The van der Waals surface area contributed by atoms with Crippen molar-refractivity contribution in [2.75, 3.05) is 11.1 Å². The van der Waals surface area contributed by atoms with Gasteiger partial charge in [0.15, 0.2) is 0 Å². The Balaban J connectivity index is 2.22. The first kappa shape index (κ1) is 11.4. The summed E-state index contributed by atoms with van der Waals surface area (Å²) in [7, 11) is 0. The lowest BCUT2D eigenvalue weighted by Gasteiger charge is -2.11. The monoisotopic (exact) mass is 248 g/mol. The van der Waals surface area contributed by atoms with Gasteiger partial charge in [-0.05, 0) is 12.1 Å². The summed E-state index contributed by atoms with van der Waals surface area (Å²) in [6, 6.07) is 5.07. The molecule has 6 heteroatoms. The number of hydrogen-bond donors (Lipinski definition) is 3. The predicted molar refractivity (Wildman–Crippen MR) is 68.8 cm³/mol. The third kappa shape index (κ3) is 2.54. The number of nitrogens with zero attached hydrogens (tertiary/aromatic N) is 1. The van der Waals surface area contributed by atoms with Gasteiger partial charge in [0.1, 0.15) is 0 Å². The Morgan fingerprint density at radius 2 is 2.29 bits per heavy atom. The molecule has 0 aliphatic heterocycles. The van der Waals surface area contributed by atoms with E-state index in [1.807, 2.05) is 0 Å². The number of anilines is 2. The lowest BCUT2D eigenvalue weighted by atomic mass is 10.1. The van der Waals surface area contributed by atoms with E-state index in [1.54, 1.807) is 29.9 Å². The van der Waals surface area contributed by atoms with Crippen molar-refractivity contribution >= 4 is 28.6 Å². The largest absolute Gasteiger partial charge is 0.397 e. The van der Waals surface area contributed by atoms with Gasteiger partial charge in [0, 0.05) is 11.1 Å². The summed E-state index contributed by atoms with van der Waals surface area (Å²) >= 11 is 1.53. The SMILES string of the molecule is NC(=O)c1cccc(N)c1NCc1cncs1. The quantitative estimate of drug-likeness (QED) is 0.713. The molecule has 1 aromatic heterocycles. The maximum Gasteiger partial charge on any atom is 0.250 e. The first-order valence-corrected chi connectivity index (χ1v) is 5.86. The molecule has 1 heterocycles. The molecule has 1 aromatic carbocycles. The molecule has 17 heavy (non-hydrogen) atoms. The van der Waals surface area contributed by atoms with Crippen LogP contribution in [0.4, 0.5) is 11.4 Å². The van der Waals surface area contributed by atoms with Crippen molar-refractivity contribution in [3.63, 3.8) is 0 Å². The molecule has 5 N–H and O–H groups in total. The number of rotatable bonds is 4. The molecule has 2 aromatic rings. The Hall–Kier alpha value is -2.08. The van der Waals surface area contributed by atoms with E-state index in [0.717, 1.165) is 4.88 Å². The van der Waals surface area contributed by atoms with E-state index in [4.69, 9.17) is 11.5 Å². The van der Waals surface area contributed by atoms with Gasteiger partial charge in [-0.25, -0.2) is 0 Å². The molecule has 0 bridgehead atoms. The molecule has 1 amide bonds. The third-order valence-electron chi connectivity index (χ3n) is 2.29. The highest BCUT2D eigenvalue weighted by molar-refractivity contribution is 7.09. The van der Waals surface area contributed by atoms with E-state index >= 15 is 0 Å². The molecule has 0 unspecified atom stereocenters. The zero-order chi connectivity index (χ0) is 12.3. The van der Waals surface area contributed by atoms with Crippen LogP contribution in [-0.4, -0.2) is 10.9 Å². The van der Waals surface area contributed by atoms with E-state index in [9.17, 15) is 4.79 Å². The number of aromatic nitrogens is 1. The minimum atomic E-state index is -0.496. The zero-order valence-electron chi connectivity index (χ0n) is 9.01. The summed E-state index contributed by atoms with van der Waals surface area (Å²) in [5.74, 6) is -0.496. The van der Waals surface area contributed by atoms with Crippen LogP contribution in [0, 0.1) is 0 Å². The molecule has 0 saturated heterocycles. The van der Waals surface area contributed by atoms with Gasteiger partial charge in [-0.15, -0.1) is 11.3 Å². The molecule has 0 radical (unpaired) electrons. The Bertz CT molecular complexity index is 524. The van der Waals surface area contributed by atoms with Crippen molar-refractivity contribution in [1.29, 1.82) is 0 Å². The lowest BCUT2D eigenvalue weighted by Crippen LogP contribution is -2.15. The van der Waals surface area contributed by atoms with Crippen LogP contribution in [0.15, 0.2) is 29.9 Å². The van der Waals surface area contributed by atoms with Gasteiger partial charge >= 0.3 is 0 Å². The first-order chi connectivity index (χ1) is 8.18. The smallest absolute Gasteiger partial charge is 0.250 e. The first-order valence-electron chi connectivity index (χ1n) is 4.98. The second kappa shape index (κ2) is 4.84. The van der Waals surface area contributed by atoms with Crippen molar-refractivity contribution in [2.24, 2.45) is 5.73 Å². The number of carbonyl (C=O) groups excluding carboxylic acids is 1. The number of benzene rings is 1. The normalized spacial score (nSPS) is 10.1. The fourth-order valence-corrected chi connectivity index (χ4v) is 2.01. The fourth-order valence-electron chi connectivity index (χ4n) is 1.48. The van der Waals surface area contributed by atoms with Crippen LogP contribution >= 0.6 is 11.3 Å². The van der Waals surface area contributed by atoms with Gasteiger partial charge in [-0.3, -0.25) is 9.78 Å². The van der Waals surface area contributed by atoms with Gasteiger partial charge in [-0.2, -0.15) is 0 Å². The molecule has 2 rings (SSSR count). The van der Waals surface area contributed by atoms with Crippen molar-refractivity contribution < 1.29 is 4.79 Å². The molecular formula is C11H12N4OS. The van der Waals surface area contributed by atoms with Gasteiger partial charge in [-0.1, -0.05) is 6.07 Å². The van der Waals surface area contributed by atoms with Crippen LogP contribution in [0.5, 0.6) is 0 Å². The Labute approximate surface area is 102 Å². The third-order valence-corrected chi connectivity index (χ3v) is 3.06. The van der Waals surface area contributed by atoms with Crippen LogP contribution < -0.4 is 16.8 Å². The average molecular weight is 248 g/mol. The molecule has 0 aliphatic rings. The van der Waals surface area contributed by atoms with Crippen LogP contribution in [-0.2, 0) is 6.54 Å². The van der Waals surface area contributed by atoms with Crippen LogP contribution in [0.2, 0.25) is 0 Å². The Morgan fingerprint density at radius 3 is 2.94 bits per heavy atom. The lowest BCUT2D eigenvalue weighted by molar-refractivity contribution is 0.100. The Morgan fingerprint density at radius 1 is 1.47 bits per heavy atom. The summed E-state index contributed by atoms with van der Waals surface area (Å²) in [6.45, 7) is 0.569. The van der Waals surface area contributed by atoms with E-state index in [1.165, 1.54) is 11.3 Å². The number of amides is 1. The second-order valence-corrected chi connectivity index (χ2v) is 4.43. The highest BCUT2D eigenvalue weighted by atomic mass is 32.1. The van der Waals surface area contributed by atoms with Crippen molar-refractivity contribution in [3.8, 4) is 0 Å². The van der Waals surface area contributed by atoms with Gasteiger partial charge in [0.25, 0.3) is 5.91 Å². The number of carbonyl (C=O) groups is 1. The number of hydrogen-bond acceptors (Lipinski definition) is 5. The van der Waals surface area contributed by atoms with E-state index < -0.39 is 5.91 Å². The minimum absolute atomic E-state index is 0.398. The number of nitrogen functional groups attached to an aromatic ring is 1. The summed E-state index contributed by atoms with van der Waals surface area (Å²) in [5.41, 5.74) is 14.3. The fraction of sp³-hybridized carbons (Fsp3) is 0.0909. The van der Waals surface area contributed by atoms with E-state index in [2.05, 4.69) is 10.3 Å². The minimum Gasteiger partial charge on any atom is -0.397 e. The number of thiazole rings is 1. The summed E-state index contributed by atoms with van der Waals surface area (Å²) in [6.07, 6.45) is 1.76. The summed E-state index contributed by atoms with van der Waals surface area (Å²) < 4.78 is 0. The summed E-state index contributed by atoms with van der Waals surface area (Å²) in [5, 5.41) is 3.11. The van der Waals surface area contributed by atoms with Gasteiger partial charge in [0.05, 0.1) is 29.0 Å². The molecule has 0 saturated carbocycles. The van der Waals surface area contributed by atoms with Gasteiger partial charge < -0.3 is 16.8 Å². The standard InChI is InChI=1S/C11H12N4OS/c12-9-3-1-2-8(11(13)16)10(9)15-5-7-4-14-6-17-7/h1-4,6,15H,5,12H2,(H2,13,16). The molecule has 0 atom stereocenters. The topological polar surface area (TPSA) is 94.0 Å². The highest BCUT2D eigenvalue weighted by Gasteiger charge is 2.10. The highest BCUT2D eigenvalue weighted by Crippen LogP contribution is 2.24. The number of nitrogens with one attached hydrogen (secondary N) is 1. The van der Waals surface area contributed by atoms with Crippen molar-refractivity contribution in [3.05, 3.63) is 40.3 Å². The van der Waals surface area contributed by atoms with Gasteiger partial charge in [0.2, 0.25) is 0 Å². The second-order valence-electron chi connectivity index (χ2n) is 3.46. The maximum absolute atomic E-state index is 11.3. The van der Waals surface area contributed by atoms with Crippen LogP contribution in [0.3, 0.4) is 0 Å². The molecule has 0 aliphatic carbocycles. The predicted octanol–water partition coefficient (Wildman–Crippen LogP) is 1.44. The average Bonchev–Trinajstić information content (AvgIpc) is 2.80. The molecule has 88 valence electrons. The molecule has 0 fully saturated rings. The van der Waals surface area contributed by atoms with E-state index in [0.29, 0.717) is 23.5 Å². The van der Waals surface area contributed by atoms with E-state index in [-0.39, 0.29) is 0 Å². The van der Waals surface area contributed by atoms with Crippen LogP contribution in [0.1, 0.15) is 15.2 Å². The van der Waals surface area contributed by atoms with Crippen molar-refractivity contribution in [2.45, 2.75) is 6.54 Å². The number of para-hydroxylation sites is 1. The number of nitrogens with two attached hydrogens (primary N) is 2. The van der Waals surface area contributed by atoms with Crippen molar-refractivity contribution in [1.82, 2.24) is 4.98 Å². The molecule has 5 nitrogen and oxygen atoms in total. The molecule has 0 spiro atoms. The summed E-state index contributed by atoms with van der Waals surface area (Å²) in [4.78, 5) is 16.3. The Kier molecular flexibility index (Phi) is 3.24. The zero-order valence-corrected chi connectivity index (χ0v) is 9.83. The maximum atomic E-state index is 11.3.